The number of amides is 1. The predicted octanol–water partition coefficient (Wildman–Crippen LogP) is 1.51. The normalized spacial score (nSPS) is 15.1. The zero-order valence-corrected chi connectivity index (χ0v) is 20.1. The van der Waals surface area contributed by atoms with E-state index in [4.69, 9.17) is 9.47 Å². The molecule has 1 aliphatic rings. The van der Waals surface area contributed by atoms with Crippen molar-refractivity contribution in [3.63, 3.8) is 0 Å². The van der Waals surface area contributed by atoms with Gasteiger partial charge in [0, 0.05) is 13.1 Å². The Morgan fingerprint density at radius 1 is 1.06 bits per heavy atom. The molecule has 2 aromatic rings. The van der Waals surface area contributed by atoms with Crippen LogP contribution < -0.4 is 14.4 Å². The van der Waals surface area contributed by atoms with Crippen molar-refractivity contribution in [1.29, 1.82) is 0 Å². The summed E-state index contributed by atoms with van der Waals surface area (Å²) in [5.74, 6) is -0.102. The molecular formula is C21H27N3O7S2. The first kappa shape index (κ1) is 25.0. The number of nitrogens with zero attached hydrogens (tertiary/aromatic N) is 2. The SMILES string of the molecule is CCOc1ccccc1NC(=O)CN(c1ccc(S(=O)(=O)N2CCOCC2)cc1)S(C)(=O)=O. The molecular weight excluding hydrogens is 470 g/mol. The molecule has 3 rings (SSSR count). The van der Waals surface area contributed by atoms with Crippen LogP contribution in [0.1, 0.15) is 6.92 Å². The molecule has 0 aliphatic carbocycles. The van der Waals surface area contributed by atoms with Crippen molar-refractivity contribution in [3.8, 4) is 5.75 Å². The van der Waals surface area contributed by atoms with Gasteiger partial charge in [-0.2, -0.15) is 4.31 Å². The minimum atomic E-state index is -3.83. The van der Waals surface area contributed by atoms with Gasteiger partial charge in [-0.3, -0.25) is 9.10 Å². The van der Waals surface area contributed by atoms with Gasteiger partial charge in [0.15, 0.2) is 0 Å². The molecule has 1 saturated heterocycles. The van der Waals surface area contributed by atoms with Gasteiger partial charge in [-0.15, -0.1) is 0 Å². The molecule has 10 nitrogen and oxygen atoms in total. The Bertz CT molecular complexity index is 1180. The van der Waals surface area contributed by atoms with Gasteiger partial charge in [-0.05, 0) is 43.3 Å². The van der Waals surface area contributed by atoms with Crippen molar-refractivity contribution < 1.29 is 31.1 Å². The van der Waals surface area contributed by atoms with Crippen LogP contribution in [0.15, 0.2) is 53.4 Å². The predicted molar refractivity (Wildman–Crippen MR) is 124 cm³/mol. The first-order valence-corrected chi connectivity index (χ1v) is 13.6. The van der Waals surface area contributed by atoms with Crippen LogP contribution in [0.25, 0.3) is 0 Å². The molecule has 180 valence electrons. The van der Waals surface area contributed by atoms with Crippen molar-refractivity contribution in [1.82, 2.24) is 4.31 Å². The number of rotatable bonds is 9. The standard InChI is InChI=1S/C21H27N3O7S2/c1-3-31-20-7-5-4-6-19(20)22-21(25)16-24(32(2,26)27)17-8-10-18(11-9-17)33(28,29)23-12-14-30-15-13-23/h4-11H,3,12-16H2,1-2H3,(H,22,25). The summed E-state index contributed by atoms with van der Waals surface area (Å²) in [7, 11) is -7.55. The number of benzene rings is 2. The lowest BCUT2D eigenvalue weighted by Gasteiger charge is -2.26. The van der Waals surface area contributed by atoms with E-state index in [9.17, 15) is 21.6 Å². The minimum Gasteiger partial charge on any atom is -0.492 e. The molecule has 0 atom stereocenters. The highest BCUT2D eigenvalue weighted by Crippen LogP contribution is 2.25. The summed E-state index contributed by atoms with van der Waals surface area (Å²) >= 11 is 0. The van der Waals surface area contributed by atoms with E-state index in [0.29, 0.717) is 31.3 Å². The van der Waals surface area contributed by atoms with E-state index < -0.39 is 32.5 Å². The summed E-state index contributed by atoms with van der Waals surface area (Å²) in [4.78, 5) is 12.7. The number of nitrogens with one attached hydrogen (secondary N) is 1. The monoisotopic (exact) mass is 497 g/mol. The number of anilines is 2. The molecule has 0 radical (unpaired) electrons. The highest BCUT2D eigenvalue weighted by Gasteiger charge is 2.27. The molecule has 0 saturated carbocycles. The number of carbonyl (C=O) groups excluding carboxylic acids is 1. The number of ether oxygens (including phenoxy) is 2. The zero-order chi connectivity index (χ0) is 24.1. The fourth-order valence-corrected chi connectivity index (χ4v) is 5.56. The zero-order valence-electron chi connectivity index (χ0n) is 18.4. The van der Waals surface area contributed by atoms with E-state index in [1.165, 1.54) is 28.6 Å². The molecule has 0 bridgehead atoms. The lowest BCUT2D eigenvalue weighted by Crippen LogP contribution is -2.40. The van der Waals surface area contributed by atoms with Gasteiger partial charge in [0.2, 0.25) is 26.0 Å². The van der Waals surface area contributed by atoms with Crippen LogP contribution in [-0.4, -0.2) is 72.8 Å². The molecule has 1 fully saturated rings. The van der Waals surface area contributed by atoms with E-state index in [1.807, 2.05) is 6.92 Å². The van der Waals surface area contributed by atoms with Gasteiger partial charge in [0.25, 0.3) is 0 Å². The van der Waals surface area contributed by atoms with E-state index >= 15 is 0 Å². The molecule has 33 heavy (non-hydrogen) atoms. The Morgan fingerprint density at radius 2 is 1.70 bits per heavy atom. The second-order valence-electron chi connectivity index (χ2n) is 7.26. The van der Waals surface area contributed by atoms with Gasteiger partial charge >= 0.3 is 0 Å². The maximum Gasteiger partial charge on any atom is 0.245 e. The van der Waals surface area contributed by atoms with Crippen LogP contribution in [0.2, 0.25) is 0 Å². The first-order chi connectivity index (χ1) is 15.6. The lowest BCUT2D eigenvalue weighted by molar-refractivity contribution is -0.114. The Hall–Kier alpha value is -2.67. The average Bonchev–Trinajstić information content (AvgIpc) is 2.79. The van der Waals surface area contributed by atoms with E-state index in [0.717, 1.165) is 10.6 Å². The number of sulfonamides is 2. The molecule has 2 aromatic carbocycles. The van der Waals surface area contributed by atoms with Crippen LogP contribution in [0.5, 0.6) is 5.75 Å². The van der Waals surface area contributed by atoms with Crippen molar-refractivity contribution in [2.75, 3.05) is 55.3 Å². The highest BCUT2D eigenvalue weighted by molar-refractivity contribution is 7.92. The van der Waals surface area contributed by atoms with E-state index in [-0.39, 0.29) is 23.7 Å². The number of para-hydroxylation sites is 2. The maximum absolute atomic E-state index is 12.8. The number of hydrogen-bond acceptors (Lipinski definition) is 7. The fourth-order valence-electron chi connectivity index (χ4n) is 3.29. The third-order valence-corrected chi connectivity index (χ3v) is 7.93. The minimum absolute atomic E-state index is 0.0386. The van der Waals surface area contributed by atoms with Crippen LogP contribution in [0, 0.1) is 0 Å². The van der Waals surface area contributed by atoms with Crippen LogP contribution in [0.4, 0.5) is 11.4 Å². The maximum atomic E-state index is 12.8. The Kier molecular flexibility index (Phi) is 7.95. The van der Waals surface area contributed by atoms with Crippen molar-refractivity contribution in [2.45, 2.75) is 11.8 Å². The summed E-state index contributed by atoms with van der Waals surface area (Å²) in [5.41, 5.74) is 0.594. The van der Waals surface area contributed by atoms with Crippen LogP contribution >= 0.6 is 0 Å². The Labute approximate surface area is 194 Å². The van der Waals surface area contributed by atoms with Crippen LogP contribution in [0.3, 0.4) is 0 Å². The smallest absolute Gasteiger partial charge is 0.245 e. The Balaban J connectivity index is 1.79. The summed E-state index contributed by atoms with van der Waals surface area (Å²) in [5, 5.41) is 2.66. The molecule has 0 aromatic heterocycles. The Morgan fingerprint density at radius 3 is 2.30 bits per heavy atom. The summed E-state index contributed by atoms with van der Waals surface area (Å²) in [6.07, 6.45) is 0.979. The third kappa shape index (κ3) is 6.22. The number of carbonyl (C=O) groups is 1. The quantitative estimate of drug-likeness (QED) is 0.557. The molecule has 1 amide bonds. The number of morpholine rings is 1. The van der Waals surface area contributed by atoms with Crippen molar-refractivity contribution >= 4 is 37.3 Å². The van der Waals surface area contributed by atoms with Gasteiger partial charge in [0.05, 0.1) is 42.3 Å². The van der Waals surface area contributed by atoms with Gasteiger partial charge in [0.1, 0.15) is 12.3 Å². The van der Waals surface area contributed by atoms with Gasteiger partial charge in [-0.25, -0.2) is 16.8 Å². The van der Waals surface area contributed by atoms with E-state index in [2.05, 4.69) is 5.32 Å². The average molecular weight is 498 g/mol. The summed E-state index contributed by atoms with van der Waals surface area (Å²) in [6, 6.07) is 12.2. The summed E-state index contributed by atoms with van der Waals surface area (Å²) < 4.78 is 63.3. The fraction of sp³-hybridized carbons (Fsp3) is 0.381. The van der Waals surface area contributed by atoms with Gasteiger partial charge < -0.3 is 14.8 Å². The van der Waals surface area contributed by atoms with Crippen molar-refractivity contribution in [2.24, 2.45) is 0 Å². The molecule has 1 heterocycles. The third-order valence-electron chi connectivity index (χ3n) is 4.88. The molecule has 0 unspecified atom stereocenters. The van der Waals surface area contributed by atoms with Gasteiger partial charge in [-0.1, -0.05) is 12.1 Å². The second kappa shape index (κ2) is 10.5. The first-order valence-electron chi connectivity index (χ1n) is 10.3. The topological polar surface area (TPSA) is 122 Å². The van der Waals surface area contributed by atoms with E-state index in [1.54, 1.807) is 24.3 Å². The number of hydrogen-bond donors (Lipinski definition) is 1. The molecule has 1 N–H and O–H groups in total. The lowest BCUT2D eigenvalue weighted by atomic mass is 10.3. The second-order valence-corrected chi connectivity index (χ2v) is 11.1. The highest BCUT2D eigenvalue weighted by atomic mass is 32.2. The molecule has 1 aliphatic heterocycles. The van der Waals surface area contributed by atoms with Crippen molar-refractivity contribution in [3.05, 3.63) is 48.5 Å². The molecule has 0 spiro atoms. The van der Waals surface area contributed by atoms with Crippen LogP contribution in [-0.2, 0) is 29.6 Å². The molecule has 12 heteroatoms. The largest absolute Gasteiger partial charge is 0.492 e. The summed E-state index contributed by atoms with van der Waals surface area (Å²) in [6.45, 7) is 2.87.